The molecule has 2 aromatic rings. The van der Waals surface area contributed by atoms with Crippen LogP contribution in [0.1, 0.15) is 32.3 Å². The van der Waals surface area contributed by atoms with Crippen LogP contribution in [0.2, 0.25) is 0 Å². The van der Waals surface area contributed by atoms with Gasteiger partial charge in [-0.2, -0.15) is 0 Å². The Bertz CT molecular complexity index is 738. The minimum atomic E-state index is -0.296. The van der Waals surface area contributed by atoms with Crippen LogP contribution >= 0.6 is 0 Å². The summed E-state index contributed by atoms with van der Waals surface area (Å²) in [5.41, 5.74) is 3.21. The maximum absolute atomic E-state index is 13.2. The zero-order valence-electron chi connectivity index (χ0n) is 13.7. The number of carbonyl (C=O) groups excluding carboxylic acids is 1. The van der Waals surface area contributed by atoms with E-state index in [0.29, 0.717) is 0 Å². The molecule has 0 spiro atoms. The first-order valence-corrected chi connectivity index (χ1v) is 8.34. The van der Waals surface area contributed by atoms with Gasteiger partial charge in [0, 0.05) is 5.41 Å². The molecule has 2 heterocycles. The van der Waals surface area contributed by atoms with Gasteiger partial charge < -0.3 is 0 Å². The number of amides is 1. The molecule has 2 aliphatic heterocycles. The molecule has 2 aliphatic rings. The number of piperidine rings is 1. The lowest BCUT2D eigenvalue weighted by atomic mass is 9.79. The van der Waals surface area contributed by atoms with Gasteiger partial charge in [0.1, 0.15) is 0 Å². The van der Waals surface area contributed by atoms with Crippen LogP contribution < -0.4 is 5.01 Å². The molecule has 1 saturated heterocycles. The van der Waals surface area contributed by atoms with Crippen molar-refractivity contribution in [3.05, 3.63) is 60.2 Å². The van der Waals surface area contributed by atoms with E-state index < -0.39 is 0 Å². The quantitative estimate of drug-likeness (QED) is 0.783. The average Bonchev–Trinajstić information content (AvgIpc) is 2.57. The Balaban J connectivity index is 1.88. The van der Waals surface area contributed by atoms with Gasteiger partial charge in [-0.1, -0.05) is 50.2 Å². The molecule has 2 aromatic carbocycles. The minimum absolute atomic E-state index is 0.229. The lowest BCUT2D eigenvalue weighted by Crippen LogP contribution is -2.60. The highest BCUT2D eigenvalue weighted by Crippen LogP contribution is 2.44. The Labute approximate surface area is 137 Å². The molecule has 0 bridgehead atoms. The Morgan fingerprint density at radius 2 is 1.70 bits per heavy atom. The standard InChI is InChI=1S/C20H22N2O/c1-20(2)13-12-17-14-15-8-6-7-11-18(15)21(22(17)19(20)23)16-9-4-3-5-10-16/h3-11,17H,12-14H2,1-2H3. The summed E-state index contributed by atoms with van der Waals surface area (Å²) in [7, 11) is 0. The summed E-state index contributed by atoms with van der Waals surface area (Å²) in [4.78, 5) is 13.2. The molecule has 0 aliphatic carbocycles. The third-order valence-corrected chi connectivity index (χ3v) is 5.13. The summed E-state index contributed by atoms with van der Waals surface area (Å²) in [6.07, 6.45) is 2.95. The van der Waals surface area contributed by atoms with E-state index in [1.807, 2.05) is 23.2 Å². The van der Waals surface area contributed by atoms with Crippen LogP contribution in [0.15, 0.2) is 54.6 Å². The van der Waals surface area contributed by atoms with E-state index in [2.05, 4.69) is 55.3 Å². The topological polar surface area (TPSA) is 23.6 Å². The molecule has 118 valence electrons. The van der Waals surface area contributed by atoms with Crippen molar-refractivity contribution in [1.82, 2.24) is 5.01 Å². The number of hydrogen-bond acceptors (Lipinski definition) is 2. The van der Waals surface area contributed by atoms with Crippen LogP contribution in [-0.4, -0.2) is 17.0 Å². The highest BCUT2D eigenvalue weighted by molar-refractivity contribution is 5.87. The highest BCUT2D eigenvalue weighted by atomic mass is 16.2. The van der Waals surface area contributed by atoms with Gasteiger partial charge in [0.15, 0.2) is 0 Å². The van der Waals surface area contributed by atoms with Crippen molar-refractivity contribution in [2.45, 2.75) is 39.2 Å². The number of anilines is 2. The lowest BCUT2D eigenvalue weighted by Gasteiger charge is -2.51. The largest absolute Gasteiger partial charge is 0.272 e. The third kappa shape index (κ3) is 2.23. The van der Waals surface area contributed by atoms with E-state index in [-0.39, 0.29) is 17.4 Å². The van der Waals surface area contributed by atoms with Gasteiger partial charge in [-0.3, -0.25) is 9.80 Å². The summed E-state index contributed by atoms with van der Waals surface area (Å²) in [6, 6.07) is 18.9. The fourth-order valence-corrected chi connectivity index (χ4v) is 3.77. The molecule has 0 radical (unpaired) electrons. The van der Waals surface area contributed by atoms with E-state index in [1.54, 1.807) is 0 Å². The van der Waals surface area contributed by atoms with Gasteiger partial charge in [-0.05, 0) is 43.0 Å². The second-order valence-corrected chi connectivity index (χ2v) is 7.21. The fraction of sp³-hybridized carbons (Fsp3) is 0.350. The molecule has 1 unspecified atom stereocenters. The van der Waals surface area contributed by atoms with Gasteiger partial charge in [0.25, 0.3) is 0 Å². The molecule has 0 aromatic heterocycles. The number of fused-ring (bicyclic) bond motifs is 2. The van der Waals surface area contributed by atoms with Crippen molar-refractivity contribution in [3.8, 4) is 0 Å². The molecular weight excluding hydrogens is 284 g/mol. The van der Waals surface area contributed by atoms with E-state index in [4.69, 9.17) is 0 Å². The van der Waals surface area contributed by atoms with E-state index in [1.165, 1.54) is 5.56 Å². The number of rotatable bonds is 1. The number of carbonyl (C=O) groups is 1. The van der Waals surface area contributed by atoms with Crippen molar-refractivity contribution >= 4 is 17.3 Å². The maximum atomic E-state index is 13.2. The number of benzene rings is 2. The van der Waals surface area contributed by atoms with Crippen molar-refractivity contribution in [2.24, 2.45) is 5.41 Å². The second-order valence-electron chi connectivity index (χ2n) is 7.21. The number of para-hydroxylation sites is 2. The van der Waals surface area contributed by atoms with Crippen LogP contribution in [-0.2, 0) is 11.2 Å². The molecule has 4 rings (SSSR count). The predicted molar refractivity (Wildman–Crippen MR) is 92.4 cm³/mol. The second kappa shape index (κ2) is 5.12. The molecule has 3 nitrogen and oxygen atoms in total. The van der Waals surface area contributed by atoms with Gasteiger partial charge >= 0.3 is 0 Å². The van der Waals surface area contributed by atoms with E-state index >= 15 is 0 Å². The molecule has 1 atom stereocenters. The smallest absolute Gasteiger partial charge is 0.247 e. The summed E-state index contributed by atoms with van der Waals surface area (Å²) in [6.45, 7) is 4.13. The first kappa shape index (κ1) is 14.3. The Morgan fingerprint density at radius 1 is 1.00 bits per heavy atom. The molecule has 0 N–H and O–H groups in total. The molecular formula is C20H22N2O. The number of hydrazine groups is 1. The Morgan fingerprint density at radius 3 is 2.48 bits per heavy atom. The summed E-state index contributed by atoms with van der Waals surface area (Å²) < 4.78 is 0. The first-order valence-electron chi connectivity index (χ1n) is 8.34. The van der Waals surface area contributed by atoms with Crippen LogP contribution in [0.3, 0.4) is 0 Å². The molecule has 23 heavy (non-hydrogen) atoms. The summed E-state index contributed by atoms with van der Waals surface area (Å²) in [5.74, 6) is 0.229. The van der Waals surface area contributed by atoms with Crippen molar-refractivity contribution in [3.63, 3.8) is 0 Å². The van der Waals surface area contributed by atoms with Crippen molar-refractivity contribution in [2.75, 3.05) is 5.01 Å². The molecule has 3 heteroatoms. The highest BCUT2D eigenvalue weighted by Gasteiger charge is 2.46. The molecule has 1 amide bonds. The van der Waals surface area contributed by atoms with Crippen LogP contribution in [0.5, 0.6) is 0 Å². The van der Waals surface area contributed by atoms with Crippen molar-refractivity contribution in [1.29, 1.82) is 0 Å². The first-order chi connectivity index (χ1) is 11.1. The van der Waals surface area contributed by atoms with Gasteiger partial charge in [0.2, 0.25) is 5.91 Å². The average molecular weight is 306 g/mol. The van der Waals surface area contributed by atoms with Crippen LogP contribution in [0.25, 0.3) is 0 Å². The predicted octanol–water partition coefficient (Wildman–Crippen LogP) is 4.31. The summed E-state index contributed by atoms with van der Waals surface area (Å²) in [5, 5.41) is 4.15. The normalized spacial score (nSPS) is 22.5. The Hall–Kier alpha value is -2.29. The zero-order chi connectivity index (χ0) is 16.0. The van der Waals surface area contributed by atoms with Crippen LogP contribution in [0.4, 0.5) is 11.4 Å². The summed E-state index contributed by atoms with van der Waals surface area (Å²) >= 11 is 0. The van der Waals surface area contributed by atoms with Gasteiger partial charge in [-0.15, -0.1) is 0 Å². The van der Waals surface area contributed by atoms with Crippen molar-refractivity contribution < 1.29 is 4.79 Å². The van der Waals surface area contributed by atoms with Crippen LogP contribution in [0, 0.1) is 5.41 Å². The number of hydrogen-bond donors (Lipinski definition) is 0. The van der Waals surface area contributed by atoms with Gasteiger partial charge in [0.05, 0.1) is 17.4 Å². The minimum Gasteiger partial charge on any atom is -0.272 e. The number of nitrogens with zero attached hydrogens (tertiary/aromatic N) is 2. The Kier molecular flexibility index (Phi) is 3.19. The monoisotopic (exact) mass is 306 g/mol. The zero-order valence-corrected chi connectivity index (χ0v) is 13.7. The lowest BCUT2D eigenvalue weighted by molar-refractivity contribution is -0.148. The van der Waals surface area contributed by atoms with E-state index in [9.17, 15) is 4.79 Å². The SMILES string of the molecule is CC1(C)CCC2Cc3ccccc3N(c3ccccc3)N2C1=O. The third-order valence-electron chi connectivity index (χ3n) is 5.13. The van der Waals surface area contributed by atoms with E-state index in [0.717, 1.165) is 30.6 Å². The van der Waals surface area contributed by atoms with Gasteiger partial charge in [-0.25, -0.2) is 5.01 Å². The molecule has 1 fully saturated rings. The maximum Gasteiger partial charge on any atom is 0.247 e. The molecule has 0 saturated carbocycles. The fourth-order valence-electron chi connectivity index (χ4n) is 3.77.